The lowest BCUT2D eigenvalue weighted by molar-refractivity contribution is 0.217. The van der Waals surface area contributed by atoms with Crippen LogP contribution in [0.3, 0.4) is 0 Å². The molecular formula is C9H19O4P. The van der Waals surface area contributed by atoms with Crippen molar-refractivity contribution in [1.29, 1.82) is 0 Å². The summed E-state index contributed by atoms with van der Waals surface area (Å²) in [6.45, 7) is 8.39. The van der Waals surface area contributed by atoms with Gasteiger partial charge in [0.25, 0.3) is 0 Å². The largest absolute Gasteiger partial charge is 0.498 e. The van der Waals surface area contributed by atoms with Crippen LogP contribution in [0.5, 0.6) is 0 Å². The molecule has 0 aliphatic rings. The number of hydrogen-bond acceptors (Lipinski definition) is 4. The molecular weight excluding hydrogens is 203 g/mol. The molecule has 0 rings (SSSR count). The summed E-state index contributed by atoms with van der Waals surface area (Å²) in [6.07, 6.45) is 0. The minimum absolute atomic E-state index is 0.354. The Morgan fingerprint density at radius 3 is 2.00 bits per heavy atom. The molecule has 5 heteroatoms. The van der Waals surface area contributed by atoms with Gasteiger partial charge in [-0.25, -0.2) is 0 Å². The van der Waals surface area contributed by atoms with Crippen LogP contribution in [0.4, 0.5) is 0 Å². The van der Waals surface area contributed by atoms with Crippen molar-refractivity contribution in [1.82, 2.24) is 0 Å². The van der Waals surface area contributed by atoms with Crippen molar-refractivity contribution < 1.29 is 18.3 Å². The van der Waals surface area contributed by atoms with Crippen molar-refractivity contribution in [2.45, 2.75) is 27.7 Å². The lowest BCUT2D eigenvalue weighted by Crippen LogP contribution is -1.95. The fourth-order valence-corrected chi connectivity index (χ4v) is 2.42. The predicted octanol–water partition coefficient (Wildman–Crippen LogP) is 3.15. The molecule has 0 amide bonds. The van der Waals surface area contributed by atoms with Gasteiger partial charge in [0, 0.05) is 0 Å². The van der Waals surface area contributed by atoms with E-state index in [1.165, 1.54) is 5.82 Å². The van der Waals surface area contributed by atoms with Crippen LogP contribution in [-0.4, -0.2) is 19.8 Å². The summed E-state index contributed by atoms with van der Waals surface area (Å²) in [5.74, 6) is 1.99. The van der Waals surface area contributed by atoms with Crippen molar-refractivity contribution >= 4 is 7.60 Å². The van der Waals surface area contributed by atoms with E-state index in [-0.39, 0.29) is 0 Å². The zero-order chi connectivity index (χ0) is 11.0. The maximum Gasteiger partial charge on any atom is 0.357 e. The number of rotatable bonds is 7. The van der Waals surface area contributed by atoms with Crippen molar-refractivity contribution in [3.05, 3.63) is 11.6 Å². The summed E-state index contributed by atoms with van der Waals surface area (Å²) < 4.78 is 27.2. The number of ether oxygens (including phenoxy) is 1. The van der Waals surface area contributed by atoms with Gasteiger partial charge in [0.05, 0.1) is 25.6 Å². The molecule has 14 heavy (non-hydrogen) atoms. The molecule has 0 aromatic rings. The van der Waals surface area contributed by atoms with Gasteiger partial charge in [-0.1, -0.05) is 0 Å². The number of hydrogen-bond donors (Lipinski definition) is 0. The van der Waals surface area contributed by atoms with Crippen LogP contribution in [0.25, 0.3) is 0 Å². The van der Waals surface area contributed by atoms with Gasteiger partial charge in [-0.3, -0.25) is 4.57 Å². The van der Waals surface area contributed by atoms with E-state index >= 15 is 0 Å². The van der Waals surface area contributed by atoms with Crippen LogP contribution in [-0.2, 0) is 18.3 Å². The van der Waals surface area contributed by atoms with Gasteiger partial charge in [0.15, 0.2) is 0 Å². The minimum Gasteiger partial charge on any atom is -0.498 e. The van der Waals surface area contributed by atoms with Gasteiger partial charge >= 0.3 is 7.60 Å². The molecule has 0 aliphatic carbocycles. The lowest BCUT2D eigenvalue weighted by Gasteiger charge is -2.14. The fourth-order valence-electron chi connectivity index (χ4n) is 0.959. The monoisotopic (exact) mass is 222 g/mol. The Morgan fingerprint density at radius 1 is 1.14 bits per heavy atom. The second-order valence-corrected chi connectivity index (χ2v) is 4.40. The van der Waals surface area contributed by atoms with Crippen LogP contribution in [0, 0.1) is 0 Å². The van der Waals surface area contributed by atoms with Crippen LogP contribution in [0.2, 0.25) is 0 Å². The summed E-state index contributed by atoms with van der Waals surface area (Å²) in [6, 6.07) is 0. The molecule has 0 aromatic heterocycles. The molecule has 0 aliphatic heterocycles. The molecule has 0 fully saturated rings. The molecule has 0 aromatic carbocycles. The first kappa shape index (κ1) is 13.7. The van der Waals surface area contributed by atoms with Gasteiger partial charge in [0.1, 0.15) is 5.76 Å². The Morgan fingerprint density at radius 2 is 1.64 bits per heavy atom. The van der Waals surface area contributed by atoms with E-state index in [0.717, 1.165) is 0 Å². The second kappa shape index (κ2) is 7.04. The van der Waals surface area contributed by atoms with Crippen molar-refractivity contribution in [3.8, 4) is 0 Å². The maximum absolute atomic E-state index is 11.9. The van der Waals surface area contributed by atoms with Crippen LogP contribution in [0.1, 0.15) is 27.7 Å². The summed E-state index contributed by atoms with van der Waals surface area (Å²) >= 11 is 0. The molecule has 0 radical (unpaired) electrons. The minimum atomic E-state index is -3.09. The van der Waals surface area contributed by atoms with Gasteiger partial charge in [-0.15, -0.1) is 0 Å². The fraction of sp³-hybridized carbons (Fsp3) is 0.778. The molecule has 0 saturated heterocycles. The highest BCUT2D eigenvalue weighted by Gasteiger charge is 2.20. The Balaban J connectivity index is 4.48. The van der Waals surface area contributed by atoms with Crippen LogP contribution in [0.15, 0.2) is 11.6 Å². The molecule has 84 valence electrons. The molecule has 0 saturated carbocycles. The Hall–Kier alpha value is -0.310. The molecule has 0 atom stereocenters. The Kier molecular flexibility index (Phi) is 6.89. The lowest BCUT2D eigenvalue weighted by atomic mass is 10.6. The third-order valence-corrected chi connectivity index (χ3v) is 3.25. The maximum atomic E-state index is 11.9. The quantitative estimate of drug-likeness (QED) is 0.490. The highest BCUT2D eigenvalue weighted by Crippen LogP contribution is 2.50. The van der Waals surface area contributed by atoms with Gasteiger partial charge < -0.3 is 13.8 Å². The molecule has 0 spiro atoms. The van der Waals surface area contributed by atoms with E-state index in [1.807, 2.05) is 6.92 Å². The van der Waals surface area contributed by atoms with E-state index in [2.05, 4.69) is 0 Å². The highest BCUT2D eigenvalue weighted by atomic mass is 31.2. The average Bonchev–Trinajstić information content (AvgIpc) is 2.04. The van der Waals surface area contributed by atoms with E-state index < -0.39 is 7.60 Å². The normalized spacial score (nSPS) is 13.0. The van der Waals surface area contributed by atoms with Crippen LogP contribution >= 0.6 is 7.60 Å². The predicted molar refractivity (Wildman–Crippen MR) is 56.2 cm³/mol. The van der Waals surface area contributed by atoms with Crippen molar-refractivity contribution in [3.63, 3.8) is 0 Å². The van der Waals surface area contributed by atoms with Gasteiger partial charge in [-0.05, 0) is 27.7 Å². The zero-order valence-electron chi connectivity index (χ0n) is 9.28. The second-order valence-electron chi connectivity index (χ2n) is 2.55. The third kappa shape index (κ3) is 5.43. The van der Waals surface area contributed by atoms with E-state index in [1.54, 1.807) is 20.8 Å². The zero-order valence-corrected chi connectivity index (χ0v) is 10.2. The van der Waals surface area contributed by atoms with Crippen molar-refractivity contribution in [2.75, 3.05) is 19.8 Å². The Bertz CT molecular complexity index is 215. The van der Waals surface area contributed by atoms with E-state index in [9.17, 15) is 4.57 Å². The summed E-state index contributed by atoms with van der Waals surface area (Å²) in [7, 11) is -3.09. The molecule has 4 nitrogen and oxygen atoms in total. The number of allylic oxidation sites excluding steroid dienone is 1. The van der Waals surface area contributed by atoms with Gasteiger partial charge in [0.2, 0.25) is 0 Å². The summed E-state index contributed by atoms with van der Waals surface area (Å²) in [5, 5.41) is 0. The third-order valence-electron chi connectivity index (χ3n) is 1.33. The van der Waals surface area contributed by atoms with Crippen LogP contribution < -0.4 is 0 Å². The standard InChI is InChI=1S/C9H19O4P/c1-5-11-9(4)8-14(10,12-6-2)13-7-3/h8H,5-7H2,1-4H3. The Labute approximate surface area is 85.8 Å². The average molecular weight is 222 g/mol. The smallest absolute Gasteiger partial charge is 0.357 e. The van der Waals surface area contributed by atoms with Crippen molar-refractivity contribution in [2.24, 2.45) is 0 Å². The first-order valence-electron chi connectivity index (χ1n) is 4.79. The van der Waals surface area contributed by atoms with E-state index in [0.29, 0.717) is 25.6 Å². The van der Waals surface area contributed by atoms with Gasteiger partial charge in [-0.2, -0.15) is 0 Å². The molecule has 0 N–H and O–H groups in total. The molecule has 0 unspecified atom stereocenters. The first-order valence-corrected chi connectivity index (χ1v) is 6.40. The first-order chi connectivity index (χ1) is 6.58. The SMILES string of the molecule is CCOC(C)=CP(=O)(OCC)OCC. The molecule has 0 bridgehead atoms. The molecule has 0 heterocycles. The van der Waals surface area contributed by atoms with E-state index in [4.69, 9.17) is 13.8 Å². The summed E-state index contributed by atoms with van der Waals surface area (Å²) in [5.41, 5.74) is 0. The topological polar surface area (TPSA) is 44.8 Å². The highest BCUT2D eigenvalue weighted by molar-refractivity contribution is 7.57. The summed E-state index contributed by atoms with van der Waals surface area (Å²) in [4.78, 5) is 0.